The molecule has 0 aliphatic rings. The number of benzene rings is 1. The van der Waals surface area contributed by atoms with Crippen molar-refractivity contribution < 1.29 is 0 Å². The summed E-state index contributed by atoms with van der Waals surface area (Å²) in [4.78, 5) is 0.956. The van der Waals surface area contributed by atoms with Gasteiger partial charge in [0, 0.05) is 4.70 Å². The van der Waals surface area contributed by atoms with Crippen LogP contribution in [0.3, 0.4) is 0 Å². The largest absolute Gasteiger partial charge is 0.196 e. The molecule has 1 N–H and O–H groups in total. The SMILES string of the molecule is N#Cc1n[nH]nc1-c1cc2ccc(-c3ccsc3)cc2s1. The van der Waals surface area contributed by atoms with Gasteiger partial charge in [0.25, 0.3) is 0 Å². The van der Waals surface area contributed by atoms with Crippen molar-refractivity contribution >= 4 is 32.8 Å². The van der Waals surface area contributed by atoms with Crippen molar-refractivity contribution in [3.63, 3.8) is 0 Å². The fraction of sp³-hybridized carbons (Fsp3) is 0. The van der Waals surface area contributed by atoms with E-state index in [9.17, 15) is 0 Å². The van der Waals surface area contributed by atoms with Gasteiger partial charge in [0.15, 0.2) is 5.69 Å². The molecule has 3 heterocycles. The van der Waals surface area contributed by atoms with Crippen LogP contribution in [0.2, 0.25) is 0 Å². The quantitative estimate of drug-likeness (QED) is 0.601. The molecule has 1 aromatic carbocycles. The van der Waals surface area contributed by atoms with Gasteiger partial charge < -0.3 is 0 Å². The number of aromatic nitrogens is 3. The number of fused-ring (bicyclic) bond motifs is 1. The lowest BCUT2D eigenvalue weighted by molar-refractivity contribution is 0.937. The first-order valence-electron chi connectivity index (χ1n) is 6.22. The summed E-state index contributed by atoms with van der Waals surface area (Å²) in [5.41, 5.74) is 3.39. The molecule has 0 bridgehead atoms. The Labute approximate surface area is 128 Å². The lowest BCUT2D eigenvalue weighted by atomic mass is 10.1. The van der Waals surface area contributed by atoms with E-state index in [1.54, 1.807) is 22.7 Å². The van der Waals surface area contributed by atoms with E-state index < -0.39 is 0 Å². The summed E-state index contributed by atoms with van der Waals surface area (Å²) in [6.07, 6.45) is 0. The standard InChI is InChI=1S/C15H8N4S2/c16-7-12-15(18-19-17-12)14-6-10-2-1-9(5-13(10)21-14)11-3-4-20-8-11/h1-6,8H,(H,17,18,19). The minimum atomic E-state index is 0.333. The summed E-state index contributed by atoms with van der Waals surface area (Å²) in [5, 5.41) is 24.9. The Balaban J connectivity index is 1.86. The molecule has 0 unspecified atom stereocenters. The molecule has 4 aromatic rings. The van der Waals surface area contributed by atoms with Crippen molar-refractivity contribution in [2.45, 2.75) is 0 Å². The van der Waals surface area contributed by atoms with Crippen LogP contribution in [-0.4, -0.2) is 15.4 Å². The van der Waals surface area contributed by atoms with Crippen LogP contribution in [0.5, 0.6) is 0 Å². The van der Waals surface area contributed by atoms with E-state index in [-0.39, 0.29) is 0 Å². The second-order valence-corrected chi connectivity index (χ2v) is 6.37. The Morgan fingerprint density at radius 3 is 2.86 bits per heavy atom. The number of hydrogen-bond acceptors (Lipinski definition) is 5. The Hall–Kier alpha value is -2.49. The summed E-state index contributed by atoms with van der Waals surface area (Å²) in [7, 11) is 0. The van der Waals surface area contributed by atoms with Crippen molar-refractivity contribution in [2.24, 2.45) is 0 Å². The lowest BCUT2D eigenvalue weighted by Crippen LogP contribution is -1.77. The molecule has 0 fully saturated rings. The van der Waals surface area contributed by atoms with Crippen molar-refractivity contribution in [2.75, 3.05) is 0 Å². The molecular formula is C15H8N4S2. The number of hydrogen-bond donors (Lipinski definition) is 1. The third kappa shape index (κ3) is 2.03. The van der Waals surface area contributed by atoms with Gasteiger partial charge in [0.1, 0.15) is 11.8 Å². The van der Waals surface area contributed by atoms with Crippen LogP contribution in [0.4, 0.5) is 0 Å². The van der Waals surface area contributed by atoms with Gasteiger partial charge in [-0.25, -0.2) is 0 Å². The molecule has 100 valence electrons. The molecule has 6 heteroatoms. The topological polar surface area (TPSA) is 65.4 Å². The molecular weight excluding hydrogens is 300 g/mol. The molecule has 21 heavy (non-hydrogen) atoms. The summed E-state index contributed by atoms with van der Waals surface area (Å²) >= 11 is 3.32. The van der Waals surface area contributed by atoms with Crippen LogP contribution in [0.1, 0.15) is 5.69 Å². The zero-order chi connectivity index (χ0) is 14.2. The number of nitrogens with zero attached hydrogens (tertiary/aromatic N) is 3. The van der Waals surface area contributed by atoms with Gasteiger partial charge in [-0.3, -0.25) is 0 Å². The van der Waals surface area contributed by atoms with E-state index in [2.05, 4.69) is 62.6 Å². The molecule has 0 aliphatic carbocycles. The smallest absolute Gasteiger partial charge is 0.191 e. The third-order valence-electron chi connectivity index (χ3n) is 3.26. The zero-order valence-corrected chi connectivity index (χ0v) is 12.3. The summed E-state index contributed by atoms with van der Waals surface area (Å²) in [6, 6.07) is 12.6. The number of aromatic amines is 1. The highest BCUT2D eigenvalue weighted by Crippen LogP contribution is 2.36. The second-order valence-electron chi connectivity index (χ2n) is 4.51. The van der Waals surface area contributed by atoms with Gasteiger partial charge in [-0.05, 0) is 45.5 Å². The van der Waals surface area contributed by atoms with Crippen LogP contribution in [0, 0.1) is 11.3 Å². The molecule has 4 nitrogen and oxygen atoms in total. The van der Waals surface area contributed by atoms with Crippen LogP contribution in [0.15, 0.2) is 41.1 Å². The number of rotatable bonds is 2. The summed E-state index contributed by atoms with van der Waals surface area (Å²) in [5.74, 6) is 0. The third-order valence-corrected chi connectivity index (χ3v) is 5.05. The molecule has 0 radical (unpaired) electrons. The van der Waals surface area contributed by atoms with Gasteiger partial charge in [-0.1, -0.05) is 12.1 Å². The van der Waals surface area contributed by atoms with E-state index in [1.807, 2.05) is 0 Å². The van der Waals surface area contributed by atoms with E-state index >= 15 is 0 Å². The minimum Gasteiger partial charge on any atom is -0.196 e. The minimum absolute atomic E-state index is 0.333. The van der Waals surface area contributed by atoms with Gasteiger partial charge in [-0.2, -0.15) is 26.9 Å². The van der Waals surface area contributed by atoms with E-state index in [4.69, 9.17) is 5.26 Å². The average Bonchev–Trinajstić information content (AvgIpc) is 3.24. The molecule has 4 rings (SSSR count). The number of H-pyrrole nitrogens is 1. The molecule has 0 saturated carbocycles. The first-order chi connectivity index (χ1) is 10.3. The van der Waals surface area contributed by atoms with Crippen LogP contribution >= 0.6 is 22.7 Å². The van der Waals surface area contributed by atoms with E-state index in [0.29, 0.717) is 11.4 Å². The van der Waals surface area contributed by atoms with Crippen molar-refractivity contribution in [1.29, 1.82) is 5.26 Å². The van der Waals surface area contributed by atoms with E-state index in [1.165, 1.54) is 15.8 Å². The fourth-order valence-electron chi connectivity index (χ4n) is 2.24. The van der Waals surface area contributed by atoms with E-state index in [0.717, 1.165) is 10.3 Å². The number of thiophene rings is 2. The highest BCUT2D eigenvalue weighted by Gasteiger charge is 2.13. The monoisotopic (exact) mass is 308 g/mol. The molecule has 0 aliphatic heterocycles. The Kier molecular flexibility index (Phi) is 2.81. The maximum atomic E-state index is 9.05. The molecule has 0 spiro atoms. The Morgan fingerprint density at radius 2 is 2.05 bits per heavy atom. The zero-order valence-electron chi connectivity index (χ0n) is 10.7. The number of nitriles is 1. The van der Waals surface area contributed by atoms with Crippen molar-refractivity contribution in [3.8, 4) is 27.8 Å². The van der Waals surface area contributed by atoms with Gasteiger partial charge in [-0.15, -0.1) is 16.4 Å². The van der Waals surface area contributed by atoms with Gasteiger partial charge >= 0.3 is 0 Å². The second kappa shape index (κ2) is 4.81. The lowest BCUT2D eigenvalue weighted by Gasteiger charge is -1.97. The van der Waals surface area contributed by atoms with Crippen molar-refractivity contribution in [1.82, 2.24) is 15.4 Å². The predicted octanol–water partition coefficient (Wildman–Crippen LogP) is 4.29. The fourth-order valence-corrected chi connectivity index (χ4v) is 3.99. The maximum Gasteiger partial charge on any atom is 0.191 e. The van der Waals surface area contributed by atoms with Crippen molar-refractivity contribution in [3.05, 3.63) is 46.8 Å². The van der Waals surface area contributed by atoms with Crippen LogP contribution in [-0.2, 0) is 0 Å². The molecule has 0 saturated heterocycles. The predicted molar refractivity (Wildman–Crippen MR) is 85.2 cm³/mol. The maximum absolute atomic E-state index is 9.05. The molecule has 0 amide bonds. The Bertz CT molecular complexity index is 957. The first-order valence-corrected chi connectivity index (χ1v) is 7.98. The van der Waals surface area contributed by atoms with Crippen LogP contribution in [0.25, 0.3) is 31.8 Å². The molecule has 3 aromatic heterocycles. The highest BCUT2D eigenvalue weighted by molar-refractivity contribution is 7.22. The average molecular weight is 308 g/mol. The summed E-state index contributed by atoms with van der Waals surface area (Å²) < 4.78 is 1.18. The van der Waals surface area contributed by atoms with Gasteiger partial charge in [0.05, 0.1) is 4.88 Å². The highest BCUT2D eigenvalue weighted by atomic mass is 32.1. The van der Waals surface area contributed by atoms with Gasteiger partial charge in [0.2, 0.25) is 0 Å². The Morgan fingerprint density at radius 1 is 1.10 bits per heavy atom. The number of nitrogens with one attached hydrogen (secondary N) is 1. The molecule has 0 atom stereocenters. The van der Waals surface area contributed by atoms with Crippen LogP contribution < -0.4 is 0 Å². The summed E-state index contributed by atoms with van der Waals surface area (Å²) in [6.45, 7) is 0. The normalized spacial score (nSPS) is 10.8. The first kappa shape index (κ1) is 12.3.